The Morgan fingerprint density at radius 3 is 2.88 bits per heavy atom. The maximum Gasteiger partial charge on any atom is 0.0223 e. The second kappa shape index (κ2) is 6.27. The lowest BCUT2D eigenvalue weighted by Crippen LogP contribution is -2.44. The number of terminal acetylenes is 1. The lowest BCUT2D eigenvalue weighted by atomic mass is 10.0. The second-order valence-corrected chi connectivity index (χ2v) is 5.15. The Kier molecular flexibility index (Phi) is 4.69. The molecule has 1 atom stereocenters. The van der Waals surface area contributed by atoms with Crippen LogP contribution in [-0.2, 0) is 0 Å². The minimum Gasteiger partial charge on any atom is -0.302 e. The highest BCUT2D eigenvalue weighted by atomic mass is 15.2. The number of hydrogen-bond acceptors (Lipinski definition) is 2. The van der Waals surface area contributed by atoms with E-state index in [0.717, 1.165) is 12.5 Å². The van der Waals surface area contributed by atoms with Crippen LogP contribution in [0.5, 0.6) is 0 Å². The van der Waals surface area contributed by atoms with Gasteiger partial charge in [-0.1, -0.05) is 6.42 Å². The second-order valence-electron chi connectivity index (χ2n) is 5.15. The maximum atomic E-state index is 5.30. The van der Waals surface area contributed by atoms with Crippen molar-refractivity contribution in [2.45, 2.75) is 44.6 Å². The molecule has 1 unspecified atom stereocenters. The van der Waals surface area contributed by atoms with Gasteiger partial charge in [0.25, 0.3) is 0 Å². The minimum absolute atomic E-state index is 0.835. The van der Waals surface area contributed by atoms with E-state index in [-0.39, 0.29) is 0 Å². The van der Waals surface area contributed by atoms with Crippen LogP contribution in [0, 0.1) is 12.3 Å². The Labute approximate surface area is 100.0 Å². The van der Waals surface area contributed by atoms with Gasteiger partial charge in [-0.25, -0.2) is 0 Å². The summed E-state index contributed by atoms with van der Waals surface area (Å²) in [5, 5.41) is 0. The number of hydrogen-bond donors (Lipinski definition) is 0. The lowest BCUT2D eigenvalue weighted by Gasteiger charge is -2.35. The summed E-state index contributed by atoms with van der Waals surface area (Å²) in [5.41, 5.74) is 0. The van der Waals surface area contributed by atoms with Gasteiger partial charge in [-0.05, 0) is 51.9 Å². The maximum absolute atomic E-state index is 5.30. The van der Waals surface area contributed by atoms with Crippen molar-refractivity contribution in [1.29, 1.82) is 0 Å². The predicted octanol–water partition coefficient (Wildman–Crippen LogP) is 1.96. The molecule has 0 bridgehead atoms. The zero-order valence-electron chi connectivity index (χ0n) is 10.3. The molecule has 0 aliphatic carbocycles. The first-order chi connectivity index (χ1) is 7.90. The summed E-state index contributed by atoms with van der Waals surface area (Å²) >= 11 is 0. The largest absolute Gasteiger partial charge is 0.302 e. The van der Waals surface area contributed by atoms with E-state index in [9.17, 15) is 0 Å². The molecule has 0 aromatic rings. The normalized spacial score (nSPS) is 28.1. The van der Waals surface area contributed by atoms with Crippen molar-refractivity contribution in [2.75, 3.05) is 32.7 Å². The van der Waals surface area contributed by atoms with E-state index < -0.39 is 0 Å². The Hall–Kier alpha value is -0.520. The van der Waals surface area contributed by atoms with Gasteiger partial charge in [-0.3, -0.25) is 4.90 Å². The van der Waals surface area contributed by atoms with E-state index in [1.54, 1.807) is 0 Å². The molecule has 90 valence electrons. The van der Waals surface area contributed by atoms with Gasteiger partial charge >= 0.3 is 0 Å². The summed E-state index contributed by atoms with van der Waals surface area (Å²) in [6.45, 7) is 6.41. The van der Waals surface area contributed by atoms with E-state index in [1.165, 1.54) is 64.8 Å². The third-order valence-electron chi connectivity index (χ3n) is 3.93. The van der Waals surface area contributed by atoms with Crippen molar-refractivity contribution >= 4 is 0 Å². The molecule has 2 saturated heterocycles. The zero-order chi connectivity index (χ0) is 11.2. The highest BCUT2D eigenvalue weighted by molar-refractivity contribution is 4.86. The van der Waals surface area contributed by atoms with E-state index in [1.807, 2.05) is 0 Å². The van der Waals surface area contributed by atoms with Crippen molar-refractivity contribution < 1.29 is 0 Å². The average Bonchev–Trinajstić information content (AvgIpc) is 2.51. The molecule has 2 nitrogen and oxygen atoms in total. The Bertz CT molecular complexity index is 244. The summed E-state index contributed by atoms with van der Waals surface area (Å²) in [7, 11) is 0. The fraction of sp³-hybridized carbons (Fsp3) is 0.857. The summed E-state index contributed by atoms with van der Waals surface area (Å²) in [5.74, 6) is 2.74. The van der Waals surface area contributed by atoms with Crippen molar-refractivity contribution in [3.63, 3.8) is 0 Å². The molecule has 2 heterocycles. The summed E-state index contributed by atoms with van der Waals surface area (Å²) in [6, 6.07) is 0.835. The predicted molar refractivity (Wildman–Crippen MR) is 68.3 cm³/mol. The van der Waals surface area contributed by atoms with Gasteiger partial charge in [0.05, 0.1) is 0 Å². The Balaban J connectivity index is 1.80. The van der Waals surface area contributed by atoms with Crippen LogP contribution in [0.15, 0.2) is 0 Å². The van der Waals surface area contributed by atoms with Crippen LogP contribution in [0.2, 0.25) is 0 Å². The zero-order valence-corrected chi connectivity index (χ0v) is 10.3. The van der Waals surface area contributed by atoms with Gasteiger partial charge in [0, 0.05) is 19.0 Å². The quantitative estimate of drug-likeness (QED) is 0.530. The molecule has 0 spiro atoms. The van der Waals surface area contributed by atoms with Crippen LogP contribution < -0.4 is 0 Å². The van der Waals surface area contributed by atoms with Crippen LogP contribution >= 0.6 is 0 Å². The molecule has 16 heavy (non-hydrogen) atoms. The number of nitrogens with zero attached hydrogens (tertiary/aromatic N) is 2. The van der Waals surface area contributed by atoms with Gasteiger partial charge in [-0.15, -0.1) is 12.3 Å². The molecule has 0 radical (unpaired) electrons. The molecule has 2 fully saturated rings. The van der Waals surface area contributed by atoms with E-state index in [0.29, 0.717) is 0 Å². The third kappa shape index (κ3) is 3.23. The Morgan fingerprint density at radius 1 is 1.12 bits per heavy atom. The first-order valence-corrected chi connectivity index (χ1v) is 6.80. The molecule has 2 aliphatic rings. The van der Waals surface area contributed by atoms with Crippen LogP contribution in [0.1, 0.15) is 38.5 Å². The molecular weight excluding hydrogens is 196 g/mol. The first-order valence-electron chi connectivity index (χ1n) is 6.80. The number of piperidine rings is 1. The van der Waals surface area contributed by atoms with Gasteiger partial charge in [-0.2, -0.15) is 0 Å². The monoisotopic (exact) mass is 220 g/mol. The van der Waals surface area contributed by atoms with E-state index in [2.05, 4.69) is 15.7 Å². The highest BCUT2D eigenvalue weighted by Gasteiger charge is 2.26. The van der Waals surface area contributed by atoms with Crippen LogP contribution in [0.4, 0.5) is 0 Å². The summed E-state index contributed by atoms with van der Waals surface area (Å²) < 4.78 is 0. The first kappa shape index (κ1) is 12.0. The summed E-state index contributed by atoms with van der Waals surface area (Å²) in [6.07, 6.45) is 13.0. The third-order valence-corrected chi connectivity index (χ3v) is 3.93. The average molecular weight is 220 g/mol. The molecule has 0 aromatic carbocycles. The van der Waals surface area contributed by atoms with E-state index in [4.69, 9.17) is 6.42 Å². The van der Waals surface area contributed by atoms with Gasteiger partial charge in [0.2, 0.25) is 0 Å². The minimum atomic E-state index is 0.835. The fourth-order valence-electron chi connectivity index (χ4n) is 3.06. The van der Waals surface area contributed by atoms with Crippen LogP contribution in [-0.4, -0.2) is 48.6 Å². The number of fused-ring (bicyclic) bond motifs is 1. The molecular formula is C14H24N2. The SMILES string of the molecule is C#CCCCN1CCCN2CCCCC2C1. The van der Waals surface area contributed by atoms with Crippen molar-refractivity contribution in [1.82, 2.24) is 9.80 Å². The van der Waals surface area contributed by atoms with Crippen molar-refractivity contribution in [3.05, 3.63) is 0 Å². The van der Waals surface area contributed by atoms with E-state index >= 15 is 0 Å². The molecule has 0 N–H and O–H groups in total. The molecule has 2 aliphatic heterocycles. The number of rotatable bonds is 3. The topological polar surface area (TPSA) is 6.48 Å². The number of unbranched alkanes of at least 4 members (excludes halogenated alkanes) is 1. The van der Waals surface area contributed by atoms with Gasteiger partial charge < -0.3 is 4.90 Å². The van der Waals surface area contributed by atoms with Gasteiger partial charge in [0.15, 0.2) is 0 Å². The van der Waals surface area contributed by atoms with Crippen LogP contribution in [0.3, 0.4) is 0 Å². The molecule has 0 aromatic heterocycles. The fourth-order valence-corrected chi connectivity index (χ4v) is 3.06. The Morgan fingerprint density at radius 2 is 2.00 bits per heavy atom. The lowest BCUT2D eigenvalue weighted by molar-refractivity contribution is 0.136. The smallest absolute Gasteiger partial charge is 0.0223 e. The van der Waals surface area contributed by atoms with Crippen molar-refractivity contribution in [2.24, 2.45) is 0 Å². The van der Waals surface area contributed by atoms with Gasteiger partial charge in [0.1, 0.15) is 0 Å². The molecule has 2 rings (SSSR count). The summed E-state index contributed by atoms with van der Waals surface area (Å²) in [4.78, 5) is 5.35. The van der Waals surface area contributed by atoms with Crippen LogP contribution in [0.25, 0.3) is 0 Å². The highest BCUT2D eigenvalue weighted by Crippen LogP contribution is 2.20. The molecule has 0 saturated carbocycles. The van der Waals surface area contributed by atoms with Crippen molar-refractivity contribution in [3.8, 4) is 12.3 Å². The molecule has 2 heteroatoms. The molecule has 0 amide bonds. The standard InChI is InChI=1S/C14H24N2/c1-2-3-5-9-15-10-7-12-16-11-6-4-8-14(16)13-15/h1,14H,3-13H2.